The van der Waals surface area contributed by atoms with E-state index in [0.29, 0.717) is 12.5 Å². The molecule has 1 atom stereocenters. The molecule has 0 saturated heterocycles. The quantitative estimate of drug-likeness (QED) is 0.874. The number of benzene rings is 1. The summed E-state index contributed by atoms with van der Waals surface area (Å²) in [6.07, 6.45) is 1.16. The number of anilines is 1. The van der Waals surface area contributed by atoms with Crippen LogP contribution in [0, 0.1) is 0 Å². The smallest absolute Gasteiger partial charge is 0.125 e. The SMILES string of the molecule is COc1cc2c(cc1CN)C(C)CC(C)(C)N2C. The van der Waals surface area contributed by atoms with Crippen molar-refractivity contribution < 1.29 is 4.74 Å². The van der Waals surface area contributed by atoms with Gasteiger partial charge in [0.05, 0.1) is 7.11 Å². The average molecular weight is 248 g/mol. The zero-order valence-corrected chi connectivity index (χ0v) is 12.1. The van der Waals surface area contributed by atoms with Gasteiger partial charge in [0, 0.05) is 36.4 Å². The molecule has 0 fully saturated rings. The molecule has 0 bridgehead atoms. The van der Waals surface area contributed by atoms with Gasteiger partial charge in [-0.3, -0.25) is 0 Å². The van der Waals surface area contributed by atoms with Crippen LogP contribution in [-0.4, -0.2) is 19.7 Å². The summed E-state index contributed by atoms with van der Waals surface area (Å²) in [4.78, 5) is 2.35. The summed E-state index contributed by atoms with van der Waals surface area (Å²) in [5, 5.41) is 0. The first-order chi connectivity index (χ1) is 8.40. The maximum Gasteiger partial charge on any atom is 0.125 e. The van der Waals surface area contributed by atoms with Crippen LogP contribution in [0.15, 0.2) is 12.1 Å². The minimum Gasteiger partial charge on any atom is -0.496 e. The number of methoxy groups -OCH3 is 1. The minimum absolute atomic E-state index is 0.182. The third-order valence-corrected chi connectivity index (χ3v) is 4.26. The fraction of sp³-hybridized carbons (Fsp3) is 0.600. The van der Waals surface area contributed by atoms with Crippen LogP contribution in [-0.2, 0) is 6.54 Å². The monoisotopic (exact) mass is 248 g/mol. The van der Waals surface area contributed by atoms with Gasteiger partial charge in [0.25, 0.3) is 0 Å². The molecule has 0 saturated carbocycles. The van der Waals surface area contributed by atoms with Crippen molar-refractivity contribution >= 4 is 5.69 Å². The first kappa shape index (κ1) is 13.2. The van der Waals surface area contributed by atoms with Crippen LogP contribution in [0.3, 0.4) is 0 Å². The molecule has 18 heavy (non-hydrogen) atoms. The van der Waals surface area contributed by atoms with E-state index in [9.17, 15) is 0 Å². The molecule has 3 nitrogen and oxygen atoms in total. The Balaban J connectivity index is 2.58. The highest BCUT2D eigenvalue weighted by Crippen LogP contribution is 2.44. The number of nitrogens with two attached hydrogens (primary N) is 1. The molecule has 100 valence electrons. The number of nitrogens with zero attached hydrogens (tertiary/aromatic N) is 1. The van der Waals surface area contributed by atoms with Crippen LogP contribution in [0.4, 0.5) is 5.69 Å². The minimum atomic E-state index is 0.182. The van der Waals surface area contributed by atoms with E-state index in [0.717, 1.165) is 17.7 Å². The third-order valence-electron chi connectivity index (χ3n) is 4.26. The van der Waals surface area contributed by atoms with Crippen molar-refractivity contribution in [1.82, 2.24) is 0 Å². The molecule has 1 aromatic carbocycles. The summed E-state index contributed by atoms with van der Waals surface area (Å²) in [7, 11) is 3.87. The number of rotatable bonds is 2. The van der Waals surface area contributed by atoms with Crippen LogP contribution < -0.4 is 15.4 Å². The Kier molecular flexibility index (Phi) is 3.28. The largest absolute Gasteiger partial charge is 0.496 e. The molecular formula is C15H24N2O. The van der Waals surface area contributed by atoms with Gasteiger partial charge in [0.1, 0.15) is 5.75 Å². The van der Waals surface area contributed by atoms with Gasteiger partial charge in [-0.25, -0.2) is 0 Å². The number of fused-ring (bicyclic) bond motifs is 1. The van der Waals surface area contributed by atoms with Crippen LogP contribution >= 0.6 is 0 Å². The zero-order chi connectivity index (χ0) is 13.5. The molecule has 1 aliphatic rings. The fourth-order valence-electron chi connectivity index (χ4n) is 2.99. The molecule has 0 radical (unpaired) electrons. The lowest BCUT2D eigenvalue weighted by Gasteiger charge is -2.45. The highest BCUT2D eigenvalue weighted by molar-refractivity contribution is 5.63. The second kappa shape index (κ2) is 4.47. The molecule has 1 aromatic rings. The fourth-order valence-corrected chi connectivity index (χ4v) is 2.99. The van der Waals surface area contributed by atoms with Gasteiger partial charge in [0.15, 0.2) is 0 Å². The summed E-state index contributed by atoms with van der Waals surface area (Å²) < 4.78 is 5.45. The number of ether oxygens (including phenoxy) is 1. The van der Waals surface area contributed by atoms with E-state index in [-0.39, 0.29) is 5.54 Å². The lowest BCUT2D eigenvalue weighted by Crippen LogP contribution is -2.45. The predicted octanol–water partition coefficient (Wildman–Crippen LogP) is 2.88. The van der Waals surface area contributed by atoms with E-state index >= 15 is 0 Å². The molecule has 0 spiro atoms. The van der Waals surface area contributed by atoms with Crippen molar-refractivity contribution in [1.29, 1.82) is 0 Å². The standard InChI is InChI=1S/C15H24N2O/c1-10-8-15(2,3)17(4)13-7-14(18-5)11(9-16)6-12(10)13/h6-7,10H,8-9,16H2,1-5H3. The Morgan fingerprint density at radius 3 is 2.67 bits per heavy atom. The van der Waals surface area contributed by atoms with Gasteiger partial charge in [-0.15, -0.1) is 0 Å². The molecule has 1 unspecified atom stereocenters. The van der Waals surface area contributed by atoms with Crippen LogP contribution in [0.1, 0.15) is 44.2 Å². The molecule has 0 aromatic heterocycles. The van der Waals surface area contributed by atoms with Crippen molar-refractivity contribution in [2.45, 2.75) is 45.2 Å². The predicted molar refractivity (Wildman–Crippen MR) is 76.4 cm³/mol. The maximum absolute atomic E-state index is 5.80. The lowest BCUT2D eigenvalue weighted by molar-refractivity contribution is 0.388. The van der Waals surface area contributed by atoms with E-state index in [2.05, 4.69) is 44.9 Å². The van der Waals surface area contributed by atoms with E-state index in [4.69, 9.17) is 10.5 Å². The van der Waals surface area contributed by atoms with Crippen molar-refractivity contribution in [3.63, 3.8) is 0 Å². The summed E-state index contributed by atoms with van der Waals surface area (Å²) >= 11 is 0. The summed E-state index contributed by atoms with van der Waals surface area (Å²) in [6, 6.07) is 4.35. The number of hydrogen-bond acceptors (Lipinski definition) is 3. The lowest BCUT2D eigenvalue weighted by atomic mass is 9.80. The second-order valence-electron chi connectivity index (χ2n) is 5.90. The molecule has 0 amide bonds. The first-order valence-electron chi connectivity index (χ1n) is 6.55. The molecule has 3 heteroatoms. The van der Waals surface area contributed by atoms with Gasteiger partial charge in [-0.05, 0) is 37.8 Å². The third kappa shape index (κ3) is 1.97. The molecule has 0 aliphatic carbocycles. The van der Waals surface area contributed by atoms with Gasteiger partial charge in [-0.1, -0.05) is 6.92 Å². The number of hydrogen-bond donors (Lipinski definition) is 1. The summed E-state index contributed by atoms with van der Waals surface area (Å²) in [6.45, 7) is 7.39. The Morgan fingerprint density at radius 1 is 1.44 bits per heavy atom. The highest BCUT2D eigenvalue weighted by atomic mass is 16.5. The van der Waals surface area contributed by atoms with Gasteiger partial charge >= 0.3 is 0 Å². The van der Waals surface area contributed by atoms with Crippen molar-refractivity contribution in [3.8, 4) is 5.75 Å². The molecule has 2 rings (SSSR count). The Labute approximate surface area is 110 Å². The van der Waals surface area contributed by atoms with Crippen molar-refractivity contribution in [2.24, 2.45) is 5.73 Å². The van der Waals surface area contributed by atoms with Crippen molar-refractivity contribution in [3.05, 3.63) is 23.3 Å². The van der Waals surface area contributed by atoms with Crippen LogP contribution in [0.2, 0.25) is 0 Å². The van der Waals surface area contributed by atoms with Crippen molar-refractivity contribution in [2.75, 3.05) is 19.1 Å². The average Bonchev–Trinajstić information content (AvgIpc) is 2.34. The zero-order valence-electron chi connectivity index (χ0n) is 12.1. The van der Waals surface area contributed by atoms with E-state index in [1.807, 2.05) is 0 Å². The van der Waals surface area contributed by atoms with E-state index in [1.165, 1.54) is 11.3 Å². The normalized spacial score (nSPS) is 21.7. The highest BCUT2D eigenvalue weighted by Gasteiger charge is 2.34. The molecule has 1 heterocycles. The van der Waals surface area contributed by atoms with Gasteiger partial charge in [-0.2, -0.15) is 0 Å². The summed E-state index contributed by atoms with van der Waals surface area (Å²) in [5.74, 6) is 1.45. The van der Waals surface area contributed by atoms with Crippen LogP contribution in [0.25, 0.3) is 0 Å². The van der Waals surface area contributed by atoms with Gasteiger partial charge < -0.3 is 15.4 Å². The Hall–Kier alpha value is -1.22. The molecular weight excluding hydrogens is 224 g/mol. The second-order valence-corrected chi connectivity index (χ2v) is 5.90. The van der Waals surface area contributed by atoms with E-state index < -0.39 is 0 Å². The maximum atomic E-state index is 5.80. The molecule has 1 aliphatic heterocycles. The topological polar surface area (TPSA) is 38.5 Å². The van der Waals surface area contributed by atoms with E-state index in [1.54, 1.807) is 7.11 Å². The van der Waals surface area contributed by atoms with Gasteiger partial charge in [0.2, 0.25) is 0 Å². The Morgan fingerprint density at radius 2 is 2.11 bits per heavy atom. The van der Waals surface area contributed by atoms with Crippen LogP contribution in [0.5, 0.6) is 5.75 Å². The molecule has 2 N–H and O–H groups in total. The Bertz CT molecular complexity index is 454. The summed E-state index contributed by atoms with van der Waals surface area (Å²) in [5.41, 5.74) is 9.73. The first-order valence-corrected chi connectivity index (χ1v) is 6.55.